The van der Waals surface area contributed by atoms with Crippen molar-refractivity contribution in [3.63, 3.8) is 0 Å². The van der Waals surface area contributed by atoms with Crippen LogP contribution < -0.4 is 25.4 Å². The first kappa shape index (κ1) is 23.4. The van der Waals surface area contributed by atoms with E-state index in [1.165, 1.54) is 0 Å². The van der Waals surface area contributed by atoms with E-state index in [0.29, 0.717) is 31.9 Å². The Balaban J connectivity index is 1.61. The second-order valence-electron chi connectivity index (χ2n) is 8.39. The molecular formula is C25H34N4O3. The number of nitrogens with one attached hydrogen (secondary N) is 3. The van der Waals surface area contributed by atoms with Gasteiger partial charge in [0.2, 0.25) is 0 Å². The van der Waals surface area contributed by atoms with E-state index in [1.807, 2.05) is 30.3 Å². The zero-order valence-corrected chi connectivity index (χ0v) is 19.5. The molecule has 1 amide bonds. The lowest BCUT2D eigenvalue weighted by Gasteiger charge is -2.26. The molecule has 3 rings (SSSR count). The maximum Gasteiger partial charge on any atom is 0.251 e. The molecule has 0 aliphatic carbocycles. The Hall–Kier alpha value is -3.22. The van der Waals surface area contributed by atoms with Gasteiger partial charge in [-0.25, -0.2) is 0 Å². The maximum atomic E-state index is 11.8. The molecule has 0 spiro atoms. The Morgan fingerprint density at radius 3 is 2.59 bits per heavy atom. The summed E-state index contributed by atoms with van der Waals surface area (Å²) in [6.45, 7) is 9.69. The standard InChI is InChI=1S/C25H34N4O3/c1-5-27-24(28-12-11-18-7-6-8-19(15-18)23(30)26-4)29-17-25(2,3)20-9-10-21-22(16-20)32-14-13-31-21/h6-10,15-16H,5,11-14,17H2,1-4H3,(H,26,30)(H2,27,28,29). The fraction of sp³-hybridized carbons (Fsp3) is 0.440. The first-order valence-electron chi connectivity index (χ1n) is 11.2. The number of amides is 1. The van der Waals surface area contributed by atoms with E-state index in [9.17, 15) is 4.79 Å². The summed E-state index contributed by atoms with van der Waals surface area (Å²) in [5, 5.41) is 9.37. The van der Waals surface area contributed by atoms with Crippen LogP contribution in [0.4, 0.5) is 0 Å². The van der Waals surface area contributed by atoms with Gasteiger partial charge in [-0.2, -0.15) is 0 Å². The highest BCUT2D eigenvalue weighted by molar-refractivity contribution is 5.94. The minimum atomic E-state index is -0.167. The molecular weight excluding hydrogens is 404 g/mol. The van der Waals surface area contributed by atoms with E-state index in [-0.39, 0.29) is 11.3 Å². The van der Waals surface area contributed by atoms with Gasteiger partial charge in [-0.1, -0.05) is 32.0 Å². The number of fused-ring (bicyclic) bond motifs is 1. The predicted octanol–water partition coefficient (Wildman–Crippen LogP) is 2.89. The number of carbonyl (C=O) groups excluding carboxylic acids is 1. The molecule has 0 atom stereocenters. The molecule has 0 bridgehead atoms. The molecule has 7 heteroatoms. The normalized spacial score (nSPS) is 13.4. The summed E-state index contributed by atoms with van der Waals surface area (Å²) < 4.78 is 11.4. The Labute approximate surface area is 190 Å². The number of rotatable bonds is 8. The quantitative estimate of drug-likeness (QED) is 0.436. The lowest BCUT2D eigenvalue weighted by Crippen LogP contribution is -2.39. The third-order valence-electron chi connectivity index (χ3n) is 5.42. The van der Waals surface area contributed by atoms with Gasteiger partial charge in [-0.3, -0.25) is 9.79 Å². The van der Waals surface area contributed by atoms with Crippen molar-refractivity contribution >= 4 is 11.9 Å². The van der Waals surface area contributed by atoms with Gasteiger partial charge in [0, 0.05) is 31.1 Å². The minimum absolute atomic E-state index is 0.0731. The molecule has 3 N–H and O–H groups in total. The highest BCUT2D eigenvalue weighted by atomic mass is 16.6. The number of hydrogen-bond donors (Lipinski definition) is 3. The highest BCUT2D eigenvalue weighted by Crippen LogP contribution is 2.35. The summed E-state index contributed by atoms with van der Waals surface area (Å²) in [4.78, 5) is 16.7. The average Bonchev–Trinajstić information content (AvgIpc) is 2.82. The first-order valence-corrected chi connectivity index (χ1v) is 11.2. The molecule has 7 nitrogen and oxygen atoms in total. The van der Waals surface area contributed by atoms with Crippen LogP contribution in [0.3, 0.4) is 0 Å². The molecule has 1 aliphatic heterocycles. The summed E-state index contributed by atoms with van der Waals surface area (Å²) in [5.41, 5.74) is 2.77. The smallest absolute Gasteiger partial charge is 0.251 e. The molecule has 32 heavy (non-hydrogen) atoms. The third kappa shape index (κ3) is 6.15. The number of guanidine groups is 1. The predicted molar refractivity (Wildman–Crippen MR) is 128 cm³/mol. The van der Waals surface area contributed by atoms with Gasteiger partial charge in [0.25, 0.3) is 5.91 Å². The summed E-state index contributed by atoms with van der Waals surface area (Å²) >= 11 is 0. The van der Waals surface area contributed by atoms with E-state index >= 15 is 0 Å². The van der Waals surface area contributed by atoms with Gasteiger partial charge in [0.05, 0.1) is 6.54 Å². The maximum absolute atomic E-state index is 11.8. The Morgan fingerprint density at radius 2 is 1.84 bits per heavy atom. The number of aliphatic imine (C=N–C) groups is 1. The van der Waals surface area contributed by atoms with Crippen LogP contribution in [0.2, 0.25) is 0 Å². The van der Waals surface area contributed by atoms with Crippen molar-refractivity contribution in [3.05, 3.63) is 59.2 Å². The largest absolute Gasteiger partial charge is 0.486 e. The molecule has 0 saturated heterocycles. The van der Waals surface area contributed by atoms with E-state index in [1.54, 1.807) is 7.05 Å². The van der Waals surface area contributed by atoms with Crippen LogP contribution in [-0.4, -0.2) is 51.8 Å². The van der Waals surface area contributed by atoms with E-state index in [0.717, 1.165) is 41.6 Å². The number of carbonyl (C=O) groups is 1. The minimum Gasteiger partial charge on any atom is -0.486 e. The first-order chi connectivity index (χ1) is 15.4. The van der Waals surface area contributed by atoms with Gasteiger partial charge >= 0.3 is 0 Å². The zero-order valence-electron chi connectivity index (χ0n) is 19.5. The average molecular weight is 439 g/mol. The van der Waals surface area contributed by atoms with Crippen LogP contribution in [0.15, 0.2) is 47.5 Å². The third-order valence-corrected chi connectivity index (χ3v) is 5.42. The molecule has 0 aromatic heterocycles. The topological polar surface area (TPSA) is 84.0 Å². The van der Waals surface area contributed by atoms with Crippen LogP contribution in [0, 0.1) is 0 Å². The van der Waals surface area contributed by atoms with Crippen molar-refractivity contribution in [2.24, 2.45) is 4.99 Å². The summed E-state index contributed by atoms with van der Waals surface area (Å²) in [5.74, 6) is 2.31. The molecule has 1 aliphatic rings. The number of nitrogens with zero attached hydrogens (tertiary/aromatic N) is 1. The van der Waals surface area contributed by atoms with Gasteiger partial charge in [0.15, 0.2) is 17.5 Å². The van der Waals surface area contributed by atoms with Crippen LogP contribution in [-0.2, 0) is 11.8 Å². The fourth-order valence-electron chi connectivity index (χ4n) is 3.51. The molecule has 1 heterocycles. The zero-order chi connectivity index (χ0) is 23.0. The van der Waals surface area contributed by atoms with Crippen LogP contribution >= 0.6 is 0 Å². The van der Waals surface area contributed by atoms with Crippen LogP contribution in [0.1, 0.15) is 42.3 Å². The van der Waals surface area contributed by atoms with Crippen molar-refractivity contribution in [1.29, 1.82) is 0 Å². The molecule has 0 fully saturated rings. The van der Waals surface area contributed by atoms with E-state index in [2.05, 4.69) is 48.9 Å². The molecule has 2 aromatic carbocycles. The molecule has 2 aromatic rings. The second kappa shape index (κ2) is 10.9. The molecule has 0 saturated carbocycles. The number of benzene rings is 2. The van der Waals surface area contributed by atoms with Crippen LogP contribution in [0.5, 0.6) is 11.5 Å². The molecule has 172 valence electrons. The Morgan fingerprint density at radius 1 is 1.06 bits per heavy atom. The van der Waals surface area contributed by atoms with Crippen molar-refractivity contribution in [3.8, 4) is 11.5 Å². The van der Waals surface area contributed by atoms with E-state index in [4.69, 9.17) is 14.5 Å². The summed E-state index contributed by atoms with van der Waals surface area (Å²) in [7, 11) is 1.64. The summed E-state index contributed by atoms with van der Waals surface area (Å²) in [6, 6.07) is 13.8. The van der Waals surface area contributed by atoms with Gasteiger partial charge in [0.1, 0.15) is 13.2 Å². The SMILES string of the molecule is CCNC(=NCC(C)(C)c1ccc2c(c1)OCCO2)NCCc1cccc(C(=O)NC)c1. The van der Waals surface area contributed by atoms with Crippen molar-refractivity contribution < 1.29 is 14.3 Å². The molecule has 0 radical (unpaired) electrons. The van der Waals surface area contributed by atoms with Crippen molar-refractivity contribution in [1.82, 2.24) is 16.0 Å². The van der Waals surface area contributed by atoms with Crippen molar-refractivity contribution in [2.45, 2.75) is 32.6 Å². The Kier molecular flexibility index (Phi) is 7.98. The lowest BCUT2D eigenvalue weighted by molar-refractivity contribution is 0.0963. The molecule has 0 unspecified atom stereocenters. The summed E-state index contributed by atoms with van der Waals surface area (Å²) in [6.07, 6.45) is 0.792. The van der Waals surface area contributed by atoms with Gasteiger partial charge in [-0.15, -0.1) is 0 Å². The van der Waals surface area contributed by atoms with Crippen LogP contribution in [0.25, 0.3) is 0 Å². The monoisotopic (exact) mass is 438 g/mol. The van der Waals surface area contributed by atoms with Gasteiger partial charge in [-0.05, 0) is 48.7 Å². The Bertz CT molecular complexity index is 956. The lowest BCUT2D eigenvalue weighted by atomic mass is 9.84. The fourth-order valence-corrected chi connectivity index (χ4v) is 3.51. The van der Waals surface area contributed by atoms with Crippen molar-refractivity contribution in [2.75, 3.05) is 39.9 Å². The highest BCUT2D eigenvalue weighted by Gasteiger charge is 2.23. The van der Waals surface area contributed by atoms with E-state index < -0.39 is 0 Å². The second-order valence-corrected chi connectivity index (χ2v) is 8.39. The number of ether oxygens (including phenoxy) is 2. The number of hydrogen-bond acceptors (Lipinski definition) is 4. The van der Waals surface area contributed by atoms with Gasteiger partial charge < -0.3 is 25.4 Å².